The van der Waals surface area contributed by atoms with Crippen LogP contribution in [0, 0.1) is 0 Å². The first-order valence-corrected chi connectivity index (χ1v) is 13.6. The minimum Gasteiger partial charge on any atom is -0.369 e. The fraction of sp³-hybridized carbons (Fsp3) is 0.147. The lowest BCUT2D eigenvalue weighted by atomic mass is 9.84. The van der Waals surface area contributed by atoms with E-state index in [0.29, 0.717) is 23.2 Å². The topological polar surface area (TPSA) is 104 Å². The molecule has 4 N–H and O–H groups in total. The van der Waals surface area contributed by atoms with Gasteiger partial charge in [-0.05, 0) is 57.9 Å². The van der Waals surface area contributed by atoms with Gasteiger partial charge in [0.1, 0.15) is 0 Å². The molecule has 1 aliphatic carbocycles. The molecule has 4 aromatic carbocycles. The van der Waals surface area contributed by atoms with Gasteiger partial charge in [-0.15, -0.1) is 0 Å². The Labute approximate surface area is 233 Å². The van der Waals surface area contributed by atoms with Crippen LogP contribution < -0.4 is 11.5 Å². The first-order chi connectivity index (χ1) is 19.5. The van der Waals surface area contributed by atoms with E-state index in [-0.39, 0.29) is 11.7 Å². The SMILES string of the molecule is CCCCc1c2c(cc(C(=O)c3ccccc3-c3ccccc3)c1-n1ccnc1N)-c1ccccc1C2C(N)=O. The second-order valence-electron chi connectivity index (χ2n) is 10.1. The number of anilines is 1. The molecule has 1 heterocycles. The fourth-order valence-electron chi connectivity index (χ4n) is 6.00. The Kier molecular flexibility index (Phi) is 6.52. The number of fused-ring (bicyclic) bond motifs is 3. The smallest absolute Gasteiger partial charge is 0.229 e. The number of imidazole rings is 1. The van der Waals surface area contributed by atoms with E-state index in [0.717, 1.165) is 51.8 Å². The van der Waals surface area contributed by atoms with Crippen molar-refractivity contribution >= 4 is 17.6 Å². The van der Waals surface area contributed by atoms with Crippen LogP contribution in [0.3, 0.4) is 0 Å². The zero-order valence-electron chi connectivity index (χ0n) is 22.3. The van der Waals surface area contributed by atoms with Crippen LogP contribution in [0.25, 0.3) is 27.9 Å². The van der Waals surface area contributed by atoms with Gasteiger partial charge in [-0.3, -0.25) is 14.2 Å². The molecule has 0 bridgehead atoms. The molecule has 0 saturated heterocycles. The van der Waals surface area contributed by atoms with Crippen molar-refractivity contribution in [2.75, 3.05) is 5.73 Å². The van der Waals surface area contributed by atoms with Gasteiger partial charge in [0.15, 0.2) is 5.78 Å². The van der Waals surface area contributed by atoms with Crippen LogP contribution in [0.4, 0.5) is 5.95 Å². The standard InChI is InChI=1S/C34H30N4O2/c1-2-3-13-26-29-27(23-15-8-9-16-24(23)30(29)33(35)40)20-28(31(26)38-19-18-37-34(38)36)32(39)25-17-10-7-14-22(25)21-11-5-4-6-12-21/h4-12,14-20,30H,2-3,13H2,1H3,(H2,35,40)(H2,36,37). The molecule has 1 atom stereocenters. The molecular weight excluding hydrogens is 496 g/mol. The van der Waals surface area contributed by atoms with Crippen LogP contribution in [0.1, 0.15) is 58.3 Å². The van der Waals surface area contributed by atoms with Gasteiger partial charge in [-0.1, -0.05) is 92.2 Å². The molecule has 0 spiro atoms. The number of ketones is 1. The van der Waals surface area contributed by atoms with Crippen molar-refractivity contribution in [3.63, 3.8) is 0 Å². The quantitative estimate of drug-likeness (QED) is 0.232. The van der Waals surface area contributed by atoms with E-state index in [1.807, 2.05) is 84.9 Å². The van der Waals surface area contributed by atoms with Crippen LogP contribution in [0.5, 0.6) is 0 Å². The van der Waals surface area contributed by atoms with E-state index in [9.17, 15) is 9.59 Å². The second-order valence-corrected chi connectivity index (χ2v) is 10.1. The summed E-state index contributed by atoms with van der Waals surface area (Å²) in [7, 11) is 0. The Balaban J connectivity index is 1.69. The number of nitrogens with zero attached hydrogens (tertiary/aromatic N) is 2. The molecule has 5 aromatic rings. The summed E-state index contributed by atoms with van der Waals surface area (Å²) >= 11 is 0. The van der Waals surface area contributed by atoms with Crippen LogP contribution in [0.2, 0.25) is 0 Å². The van der Waals surface area contributed by atoms with Gasteiger partial charge >= 0.3 is 0 Å². The minimum atomic E-state index is -0.609. The number of primary amides is 1. The summed E-state index contributed by atoms with van der Waals surface area (Å²) in [6, 6.07) is 27.3. The van der Waals surface area contributed by atoms with Crippen LogP contribution >= 0.6 is 0 Å². The largest absolute Gasteiger partial charge is 0.369 e. The summed E-state index contributed by atoms with van der Waals surface area (Å²) in [6.07, 6.45) is 5.86. The normalized spacial score (nSPS) is 13.6. The van der Waals surface area contributed by atoms with Crippen LogP contribution in [-0.2, 0) is 11.2 Å². The number of nitrogens with two attached hydrogens (primary N) is 2. The van der Waals surface area contributed by atoms with E-state index in [1.165, 1.54) is 0 Å². The number of aromatic nitrogens is 2. The van der Waals surface area contributed by atoms with Gasteiger partial charge < -0.3 is 11.5 Å². The molecule has 0 saturated carbocycles. The number of benzene rings is 4. The highest BCUT2D eigenvalue weighted by Crippen LogP contribution is 2.49. The molecule has 0 radical (unpaired) electrons. The van der Waals surface area contributed by atoms with Crippen molar-refractivity contribution in [1.82, 2.24) is 9.55 Å². The summed E-state index contributed by atoms with van der Waals surface area (Å²) in [5.41, 5.74) is 20.4. The van der Waals surface area contributed by atoms with Gasteiger partial charge in [0.05, 0.1) is 11.6 Å². The molecule has 40 heavy (non-hydrogen) atoms. The fourth-order valence-corrected chi connectivity index (χ4v) is 6.00. The maximum Gasteiger partial charge on any atom is 0.229 e. The van der Waals surface area contributed by atoms with Crippen LogP contribution in [0.15, 0.2) is 97.3 Å². The van der Waals surface area contributed by atoms with E-state index in [1.54, 1.807) is 17.0 Å². The molecule has 198 valence electrons. The minimum absolute atomic E-state index is 0.122. The molecule has 0 fully saturated rings. The van der Waals surface area contributed by atoms with Crippen molar-refractivity contribution in [2.24, 2.45) is 5.73 Å². The maximum atomic E-state index is 14.7. The number of carbonyl (C=O) groups is 2. The summed E-state index contributed by atoms with van der Waals surface area (Å²) in [4.78, 5) is 31.9. The third-order valence-corrected chi connectivity index (χ3v) is 7.77. The number of hydrogen-bond acceptors (Lipinski definition) is 4. The van der Waals surface area contributed by atoms with Crippen molar-refractivity contribution in [1.29, 1.82) is 0 Å². The second kappa shape index (κ2) is 10.3. The molecule has 1 amide bonds. The number of nitrogen functional groups attached to an aromatic ring is 1. The molecule has 1 aliphatic rings. The lowest BCUT2D eigenvalue weighted by molar-refractivity contribution is -0.118. The number of hydrogen-bond donors (Lipinski definition) is 2. The first-order valence-electron chi connectivity index (χ1n) is 13.6. The number of rotatable bonds is 8. The number of amides is 1. The zero-order valence-corrected chi connectivity index (χ0v) is 22.3. The third kappa shape index (κ3) is 4.09. The molecule has 6 nitrogen and oxygen atoms in total. The van der Waals surface area contributed by atoms with Crippen molar-refractivity contribution in [3.05, 3.63) is 125 Å². The lowest BCUT2D eigenvalue weighted by Crippen LogP contribution is -2.23. The summed E-state index contributed by atoms with van der Waals surface area (Å²) in [6.45, 7) is 2.12. The van der Waals surface area contributed by atoms with E-state index < -0.39 is 11.8 Å². The average Bonchev–Trinajstić information content (AvgIpc) is 3.56. The predicted molar refractivity (Wildman–Crippen MR) is 158 cm³/mol. The van der Waals surface area contributed by atoms with Crippen molar-refractivity contribution < 1.29 is 9.59 Å². The Morgan fingerprint density at radius 2 is 1.57 bits per heavy atom. The summed E-state index contributed by atoms with van der Waals surface area (Å²) in [5, 5.41) is 0. The molecule has 0 aliphatic heterocycles. The van der Waals surface area contributed by atoms with E-state index in [2.05, 4.69) is 11.9 Å². The third-order valence-electron chi connectivity index (χ3n) is 7.77. The van der Waals surface area contributed by atoms with Gasteiger partial charge in [-0.2, -0.15) is 0 Å². The maximum absolute atomic E-state index is 14.7. The van der Waals surface area contributed by atoms with Crippen LogP contribution in [-0.4, -0.2) is 21.2 Å². The van der Waals surface area contributed by atoms with Gasteiger partial charge in [-0.25, -0.2) is 4.98 Å². The highest BCUT2D eigenvalue weighted by atomic mass is 16.1. The molecule has 6 heteroatoms. The van der Waals surface area contributed by atoms with Crippen molar-refractivity contribution in [3.8, 4) is 27.9 Å². The average molecular weight is 527 g/mol. The Bertz CT molecular complexity index is 1750. The summed E-state index contributed by atoms with van der Waals surface area (Å²) < 4.78 is 1.77. The van der Waals surface area contributed by atoms with Gasteiger partial charge in [0.25, 0.3) is 0 Å². The van der Waals surface area contributed by atoms with Crippen molar-refractivity contribution in [2.45, 2.75) is 32.1 Å². The van der Waals surface area contributed by atoms with Gasteiger partial charge in [0.2, 0.25) is 11.9 Å². The monoisotopic (exact) mass is 526 g/mol. The summed E-state index contributed by atoms with van der Waals surface area (Å²) in [5.74, 6) is -0.873. The Hall–Kier alpha value is -4.97. The molecule has 1 unspecified atom stereocenters. The van der Waals surface area contributed by atoms with E-state index >= 15 is 0 Å². The number of unbranched alkanes of at least 4 members (excludes halogenated alkanes) is 1. The molecular formula is C34H30N4O2. The predicted octanol–water partition coefficient (Wildman–Crippen LogP) is 6.29. The Morgan fingerprint density at radius 3 is 2.27 bits per heavy atom. The zero-order chi connectivity index (χ0) is 27.8. The highest BCUT2D eigenvalue weighted by Gasteiger charge is 2.38. The molecule has 1 aromatic heterocycles. The Morgan fingerprint density at radius 1 is 0.875 bits per heavy atom. The number of carbonyl (C=O) groups excluding carboxylic acids is 2. The lowest BCUT2D eigenvalue weighted by Gasteiger charge is -2.23. The highest BCUT2D eigenvalue weighted by molar-refractivity contribution is 6.16. The first kappa shape index (κ1) is 25.3. The van der Waals surface area contributed by atoms with E-state index in [4.69, 9.17) is 11.5 Å². The van der Waals surface area contributed by atoms with Gasteiger partial charge in [0, 0.05) is 23.5 Å². The molecule has 6 rings (SSSR count).